The summed E-state index contributed by atoms with van der Waals surface area (Å²) in [6.45, 7) is 10.4. The Kier molecular flexibility index (Phi) is 10.3. The van der Waals surface area contributed by atoms with Crippen molar-refractivity contribution < 1.29 is 33.3 Å². The van der Waals surface area contributed by atoms with Crippen LogP contribution in [0.3, 0.4) is 0 Å². The fourth-order valence-electron chi connectivity index (χ4n) is 6.73. The number of aromatic nitrogens is 2. The first-order valence-corrected chi connectivity index (χ1v) is 18.1. The maximum Gasteiger partial charge on any atom is 0.332 e. The number of aryl methyl sites for hydroxylation is 1. The smallest absolute Gasteiger partial charge is 0.332 e. The monoisotopic (exact) mass is 690 g/mol. The molecule has 1 aliphatic carbocycles. The van der Waals surface area contributed by atoms with Gasteiger partial charge in [-0.25, -0.2) is 14.8 Å². The van der Waals surface area contributed by atoms with Crippen molar-refractivity contribution in [1.82, 2.24) is 20.2 Å². The third-order valence-electron chi connectivity index (χ3n) is 9.69. The lowest BCUT2D eigenvalue weighted by molar-refractivity contribution is -0.151. The molecule has 2 amide bonds. The molecule has 49 heavy (non-hydrogen) atoms. The second kappa shape index (κ2) is 14.4. The van der Waals surface area contributed by atoms with Gasteiger partial charge in [0.2, 0.25) is 5.91 Å². The topological polar surface area (TPSA) is 129 Å². The minimum absolute atomic E-state index is 0.169. The third kappa shape index (κ3) is 7.03. The number of esters is 1. The van der Waals surface area contributed by atoms with Crippen LogP contribution in [0, 0.1) is 12.8 Å². The summed E-state index contributed by atoms with van der Waals surface area (Å²) in [6.07, 6.45) is 5.97. The second-order valence-corrected chi connectivity index (χ2v) is 14.3. The van der Waals surface area contributed by atoms with Gasteiger partial charge in [-0.3, -0.25) is 9.59 Å². The average molecular weight is 691 g/mol. The van der Waals surface area contributed by atoms with Gasteiger partial charge >= 0.3 is 5.97 Å². The van der Waals surface area contributed by atoms with E-state index in [9.17, 15) is 14.4 Å². The number of hydrogen-bond donors (Lipinski definition) is 1. The highest BCUT2D eigenvalue weighted by Crippen LogP contribution is 2.46. The van der Waals surface area contributed by atoms with E-state index in [1.54, 1.807) is 25.9 Å². The van der Waals surface area contributed by atoms with Crippen molar-refractivity contribution in [1.29, 1.82) is 0 Å². The normalized spacial score (nSPS) is 26.7. The molecular weight excluding hydrogens is 644 g/mol. The highest BCUT2D eigenvalue weighted by molar-refractivity contribution is 7.13. The van der Waals surface area contributed by atoms with Crippen molar-refractivity contribution in [2.75, 3.05) is 26.9 Å². The van der Waals surface area contributed by atoms with Crippen LogP contribution in [0.2, 0.25) is 0 Å². The number of fused-ring (bicyclic) bond motifs is 3. The van der Waals surface area contributed by atoms with Crippen LogP contribution in [0.1, 0.15) is 77.0 Å². The highest BCUT2D eigenvalue weighted by Gasteiger charge is 2.62. The van der Waals surface area contributed by atoms with Gasteiger partial charge in [0.25, 0.3) is 5.91 Å². The van der Waals surface area contributed by atoms with E-state index in [1.807, 2.05) is 36.6 Å². The predicted molar refractivity (Wildman–Crippen MR) is 187 cm³/mol. The van der Waals surface area contributed by atoms with E-state index >= 15 is 0 Å². The molecule has 2 fully saturated rings. The van der Waals surface area contributed by atoms with Crippen molar-refractivity contribution in [2.45, 2.75) is 96.4 Å². The number of carbonyl (C=O) groups excluding carboxylic acids is 3. The summed E-state index contributed by atoms with van der Waals surface area (Å²) >= 11 is 1.53. The first-order valence-electron chi connectivity index (χ1n) is 17.2. The molecule has 1 saturated heterocycles. The van der Waals surface area contributed by atoms with E-state index in [0.29, 0.717) is 30.2 Å². The van der Waals surface area contributed by atoms with E-state index < -0.39 is 35.7 Å². The molecule has 4 heterocycles. The quantitative estimate of drug-likeness (QED) is 0.244. The average Bonchev–Trinajstić information content (AvgIpc) is 3.38. The van der Waals surface area contributed by atoms with Crippen LogP contribution in [0.4, 0.5) is 0 Å². The van der Waals surface area contributed by atoms with Gasteiger partial charge in [-0.2, -0.15) is 0 Å². The summed E-state index contributed by atoms with van der Waals surface area (Å²) in [7, 11) is 1.63. The zero-order valence-corrected chi connectivity index (χ0v) is 29.9. The Bertz CT molecular complexity index is 1760. The van der Waals surface area contributed by atoms with Gasteiger partial charge in [0.1, 0.15) is 46.0 Å². The summed E-state index contributed by atoms with van der Waals surface area (Å²) in [6, 6.07) is 4.82. The number of allylic oxidation sites excluding steroid dienone is 1. The number of ether oxygens (including phenoxy) is 4. The summed E-state index contributed by atoms with van der Waals surface area (Å²) in [5, 5.41) is 6.62. The molecule has 5 atom stereocenters. The van der Waals surface area contributed by atoms with Crippen molar-refractivity contribution in [3.8, 4) is 22.2 Å². The number of hydrogen-bond acceptors (Lipinski definition) is 10. The van der Waals surface area contributed by atoms with E-state index in [2.05, 4.69) is 25.2 Å². The number of amides is 2. The van der Waals surface area contributed by atoms with Gasteiger partial charge < -0.3 is 29.2 Å². The largest absolute Gasteiger partial charge is 0.496 e. The summed E-state index contributed by atoms with van der Waals surface area (Å²) in [5.41, 5.74) is 2.10. The minimum atomic E-state index is -1.14. The van der Waals surface area contributed by atoms with Crippen LogP contribution in [0.5, 0.6) is 11.5 Å². The molecule has 3 aromatic rings. The lowest BCUT2D eigenvalue weighted by atomic mass is 10.1. The molecule has 3 aliphatic rings. The van der Waals surface area contributed by atoms with Gasteiger partial charge in [0, 0.05) is 41.3 Å². The number of nitrogens with zero attached hydrogens (tertiary/aromatic N) is 3. The Morgan fingerprint density at radius 1 is 1.20 bits per heavy atom. The fraction of sp³-hybridized carbons (Fsp3) is 0.541. The van der Waals surface area contributed by atoms with Crippen molar-refractivity contribution in [3.63, 3.8) is 0 Å². The van der Waals surface area contributed by atoms with Crippen LogP contribution < -0.4 is 14.8 Å². The molecule has 1 saturated carbocycles. The molecule has 2 aromatic heterocycles. The zero-order chi connectivity index (χ0) is 34.9. The Morgan fingerprint density at radius 3 is 2.76 bits per heavy atom. The molecule has 2 aliphatic heterocycles. The number of methoxy groups -OCH3 is 1. The van der Waals surface area contributed by atoms with Gasteiger partial charge in [-0.05, 0) is 64.5 Å². The molecule has 12 heteroatoms. The third-order valence-corrected chi connectivity index (χ3v) is 10.6. The Labute approximate surface area is 291 Å². The van der Waals surface area contributed by atoms with Crippen molar-refractivity contribution >= 4 is 40.0 Å². The molecule has 1 aromatic carbocycles. The van der Waals surface area contributed by atoms with E-state index in [0.717, 1.165) is 46.4 Å². The number of carbonyl (C=O) groups is 3. The van der Waals surface area contributed by atoms with E-state index in [1.165, 1.54) is 11.3 Å². The Morgan fingerprint density at radius 2 is 2.02 bits per heavy atom. The zero-order valence-electron chi connectivity index (χ0n) is 29.1. The lowest BCUT2D eigenvalue weighted by Gasteiger charge is -2.28. The van der Waals surface area contributed by atoms with Crippen LogP contribution in [-0.4, -0.2) is 83.3 Å². The Hall–Kier alpha value is -4.03. The number of benzene rings is 1. The highest BCUT2D eigenvalue weighted by atomic mass is 32.1. The summed E-state index contributed by atoms with van der Waals surface area (Å²) in [4.78, 5) is 52.5. The molecule has 11 nitrogen and oxygen atoms in total. The molecule has 1 N–H and O–H groups in total. The van der Waals surface area contributed by atoms with Gasteiger partial charge in [-0.1, -0.05) is 26.0 Å². The molecule has 0 radical (unpaired) electrons. The number of thiazole rings is 1. The van der Waals surface area contributed by atoms with Crippen LogP contribution in [0.25, 0.3) is 21.6 Å². The summed E-state index contributed by atoms with van der Waals surface area (Å²) < 4.78 is 23.7. The van der Waals surface area contributed by atoms with Crippen molar-refractivity contribution in [3.05, 3.63) is 47.0 Å². The van der Waals surface area contributed by atoms with E-state index in [-0.39, 0.29) is 37.3 Å². The molecule has 0 bridgehead atoms. The first-order chi connectivity index (χ1) is 23.6. The number of nitrogens with one attached hydrogen (secondary N) is 1. The maximum absolute atomic E-state index is 14.1. The van der Waals surface area contributed by atoms with Gasteiger partial charge in [-0.15, -0.1) is 11.3 Å². The number of rotatable bonds is 7. The first kappa shape index (κ1) is 34.8. The van der Waals surface area contributed by atoms with E-state index in [4.69, 9.17) is 28.9 Å². The number of pyridine rings is 1. The minimum Gasteiger partial charge on any atom is -0.496 e. The van der Waals surface area contributed by atoms with Crippen LogP contribution in [0.15, 0.2) is 35.7 Å². The summed E-state index contributed by atoms with van der Waals surface area (Å²) in [5.74, 6) is 0.234. The standard InChI is InChI=1S/C37H46N4O7S/c1-7-46-36(44)37-18-24(37)12-10-8-9-11-15-47-23(5)35(43)41-19-25(16-29(41)33(42)40-37)48-31-17-27(34-39-28(20-49-34)21(2)3)38-32-22(4)30(45-6)14-13-26(31)32/h10,12-14,17,20-21,23-25,29H,7-9,11,15-16,18-19H2,1-6H3,(H,40,42)/b12-10-/t23-,24+,25+,29-,37+/m0/s1. The fourth-order valence-corrected chi connectivity index (χ4v) is 7.67. The van der Waals surface area contributed by atoms with Gasteiger partial charge in [0.05, 0.1) is 31.5 Å². The predicted octanol–water partition coefficient (Wildman–Crippen LogP) is 5.73. The Balaban J connectivity index is 1.34. The molecule has 0 unspecified atom stereocenters. The maximum atomic E-state index is 14.1. The molecule has 0 spiro atoms. The lowest BCUT2D eigenvalue weighted by Crippen LogP contribution is -2.54. The van der Waals surface area contributed by atoms with Crippen LogP contribution in [-0.2, 0) is 23.9 Å². The molecular formula is C37H46N4O7S. The second-order valence-electron chi connectivity index (χ2n) is 13.4. The molecule has 6 rings (SSSR count). The SMILES string of the molecule is CCOC(=O)[C@@]12C[C@H]1/C=C\CCCCO[C@@H](C)C(=O)N1C[C@H](Oc3cc(-c4nc(C(C)C)cs4)nc4c(C)c(OC)ccc34)C[C@H]1C(=O)N2. The van der Waals surface area contributed by atoms with Crippen molar-refractivity contribution in [2.24, 2.45) is 5.92 Å². The molecule has 262 valence electrons. The van der Waals surface area contributed by atoms with Crippen LogP contribution >= 0.6 is 11.3 Å². The van der Waals surface area contributed by atoms with Gasteiger partial charge in [0.15, 0.2) is 0 Å².